The molecule has 3 N–H and O–H groups in total. The zero-order valence-electron chi connectivity index (χ0n) is 10.8. The average Bonchev–Trinajstić information content (AvgIpc) is 2.86. The molecular weight excluding hydrogens is 254 g/mol. The molecule has 0 spiro atoms. The van der Waals surface area contributed by atoms with Gasteiger partial charge in [-0.05, 0) is 6.42 Å². The third kappa shape index (κ3) is 5.12. The van der Waals surface area contributed by atoms with Crippen LogP contribution in [0, 0.1) is 5.92 Å². The number of amides is 3. The first-order chi connectivity index (χ1) is 9.04. The molecule has 0 saturated carbocycles. The van der Waals surface area contributed by atoms with Crippen molar-refractivity contribution in [2.45, 2.75) is 6.42 Å². The molecule has 0 aromatic heterocycles. The number of aliphatic carboxylic acids is 1. The molecule has 1 fully saturated rings. The minimum Gasteiger partial charge on any atom is -0.481 e. The summed E-state index contributed by atoms with van der Waals surface area (Å²) in [6.07, 6.45) is 0.447. The van der Waals surface area contributed by atoms with Crippen LogP contribution in [-0.2, 0) is 14.3 Å². The Morgan fingerprint density at radius 1 is 1.37 bits per heavy atom. The summed E-state index contributed by atoms with van der Waals surface area (Å²) in [7, 11) is 1.53. The highest BCUT2D eigenvalue weighted by Crippen LogP contribution is 2.15. The predicted molar refractivity (Wildman–Crippen MR) is 65.6 cm³/mol. The zero-order chi connectivity index (χ0) is 14.3. The highest BCUT2D eigenvalue weighted by Gasteiger charge is 2.30. The number of carboxylic acid groups (broad SMARTS) is 1. The molecule has 0 aromatic carbocycles. The average molecular weight is 273 g/mol. The molecule has 8 heteroatoms. The second-order valence-corrected chi connectivity index (χ2v) is 4.27. The van der Waals surface area contributed by atoms with Crippen molar-refractivity contribution in [1.29, 1.82) is 0 Å². The van der Waals surface area contributed by atoms with Crippen molar-refractivity contribution in [3.63, 3.8) is 0 Å². The fourth-order valence-electron chi connectivity index (χ4n) is 1.77. The number of nitrogens with one attached hydrogen (secondary N) is 2. The van der Waals surface area contributed by atoms with Crippen molar-refractivity contribution in [2.24, 2.45) is 5.92 Å². The number of carboxylic acids is 1. The van der Waals surface area contributed by atoms with Gasteiger partial charge in [0.05, 0.1) is 19.1 Å². The van der Waals surface area contributed by atoms with Crippen LogP contribution in [0.15, 0.2) is 0 Å². The highest BCUT2D eigenvalue weighted by atomic mass is 16.5. The maximum Gasteiger partial charge on any atom is 0.317 e. The number of rotatable bonds is 6. The summed E-state index contributed by atoms with van der Waals surface area (Å²) in [6, 6.07) is -0.411. The van der Waals surface area contributed by atoms with E-state index < -0.39 is 17.9 Å². The fourth-order valence-corrected chi connectivity index (χ4v) is 1.77. The molecule has 1 rings (SSSR count). The summed E-state index contributed by atoms with van der Waals surface area (Å²) in [5.41, 5.74) is 0. The highest BCUT2D eigenvalue weighted by molar-refractivity contribution is 5.84. The molecule has 0 radical (unpaired) electrons. The first-order valence-electron chi connectivity index (χ1n) is 6.05. The lowest BCUT2D eigenvalue weighted by molar-refractivity contribution is -0.141. The van der Waals surface area contributed by atoms with Gasteiger partial charge in [-0.2, -0.15) is 0 Å². The molecule has 0 aliphatic carbocycles. The number of likely N-dealkylation sites (tertiary alicyclic amines) is 1. The Morgan fingerprint density at radius 2 is 2.11 bits per heavy atom. The molecule has 3 amide bonds. The molecule has 1 heterocycles. The number of urea groups is 1. The third-order valence-corrected chi connectivity index (χ3v) is 2.85. The zero-order valence-corrected chi connectivity index (χ0v) is 10.8. The van der Waals surface area contributed by atoms with Crippen molar-refractivity contribution in [2.75, 3.05) is 39.9 Å². The number of hydrogen-bond donors (Lipinski definition) is 3. The van der Waals surface area contributed by atoms with E-state index in [2.05, 4.69) is 10.6 Å². The smallest absolute Gasteiger partial charge is 0.317 e. The van der Waals surface area contributed by atoms with Gasteiger partial charge in [-0.3, -0.25) is 9.59 Å². The van der Waals surface area contributed by atoms with Gasteiger partial charge in [0.15, 0.2) is 0 Å². The molecule has 1 saturated heterocycles. The number of ether oxygens (including phenoxy) is 1. The van der Waals surface area contributed by atoms with Crippen LogP contribution < -0.4 is 10.6 Å². The van der Waals surface area contributed by atoms with Crippen LogP contribution in [-0.4, -0.2) is 67.8 Å². The van der Waals surface area contributed by atoms with Crippen LogP contribution in [0.2, 0.25) is 0 Å². The van der Waals surface area contributed by atoms with E-state index in [0.29, 0.717) is 26.1 Å². The Balaban J connectivity index is 2.21. The lowest BCUT2D eigenvalue weighted by Crippen LogP contribution is -2.44. The second kappa shape index (κ2) is 7.57. The van der Waals surface area contributed by atoms with Crippen LogP contribution in [0.5, 0.6) is 0 Å². The number of methoxy groups -OCH3 is 1. The Hall–Kier alpha value is -1.83. The Kier molecular flexibility index (Phi) is 6.07. The Bertz CT molecular complexity index is 347. The van der Waals surface area contributed by atoms with Crippen molar-refractivity contribution in [3.05, 3.63) is 0 Å². The van der Waals surface area contributed by atoms with E-state index in [9.17, 15) is 14.4 Å². The summed E-state index contributed by atoms with van der Waals surface area (Å²) in [4.78, 5) is 35.1. The summed E-state index contributed by atoms with van der Waals surface area (Å²) >= 11 is 0. The number of hydrogen-bond acceptors (Lipinski definition) is 4. The Morgan fingerprint density at radius 3 is 2.68 bits per heavy atom. The standard InChI is InChI=1S/C11H19N3O5/c1-19-5-3-12-9(15)6-13-11(18)14-4-2-8(7-14)10(16)17/h8H,2-7H2,1H3,(H,12,15)(H,13,18)(H,16,17). The normalized spacial score (nSPS) is 18.2. The van der Waals surface area contributed by atoms with Crippen LogP contribution in [0.3, 0.4) is 0 Å². The molecule has 8 nitrogen and oxygen atoms in total. The third-order valence-electron chi connectivity index (χ3n) is 2.85. The summed E-state index contributed by atoms with van der Waals surface area (Å²) in [5.74, 6) is -1.71. The van der Waals surface area contributed by atoms with E-state index in [4.69, 9.17) is 9.84 Å². The predicted octanol–water partition coefficient (Wildman–Crippen LogP) is -1.13. The fraction of sp³-hybridized carbons (Fsp3) is 0.727. The van der Waals surface area contributed by atoms with E-state index in [0.717, 1.165) is 0 Å². The van der Waals surface area contributed by atoms with Gasteiger partial charge in [0, 0.05) is 26.7 Å². The van der Waals surface area contributed by atoms with E-state index in [-0.39, 0.29) is 19.0 Å². The molecule has 1 atom stereocenters. The maximum atomic E-state index is 11.7. The van der Waals surface area contributed by atoms with Gasteiger partial charge >= 0.3 is 12.0 Å². The van der Waals surface area contributed by atoms with E-state index >= 15 is 0 Å². The summed E-state index contributed by atoms with van der Waals surface area (Å²) in [5, 5.41) is 13.8. The van der Waals surface area contributed by atoms with Gasteiger partial charge in [-0.15, -0.1) is 0 Å². The van der Waals surface area contributed by atoms with E-state index in [1.54, 1.807) is 0 Å². The monoisotopic (exact) mass is 273 g/mol. The van der Waals surface area contributed by atoms with Crippen molar-refractivity contribution in [1.82, 2.24) is 15.5 Å². The molecule has 1 aliphatic heterocycles. The molecule has 0 bridgehead atoms. The van der Waals surface area contributed by atoms with Gasteiger partial charge in [0.1, 0.15) is 0 Å². The minimum absolute atomic E-state index is 0.128. The number of carbonyl (C=O) groups excluding carboxylic acids is 2. The van der Waals surface area contributed by atoms with Crippen LogP contribution >= 0.6 is 0 Å². The molecule has 1 unspecified atom stereocenters. The van der Waals surface area contributed by atoms with Crippen molar-refractivity contribution < 1.29 is 24.2 Å². The van der Waals surface area contributed by atoms with Crippen molar-refractivity contribution >= 4 is 17.9 Å². The summed E-state index contributed by atoms with van der Waals surface area (Å²) < 4.78 is 4.77. The van der Waals surface area contributed by atoms with Crippen molar-refractivity contribution in [3.8, 4) is 0 Å². The number of carbonyl (C=O) groups is 3. The van der Waals surface area contributed by atoms with Gasteiger partial charge in [-0.1, -0.05) is 0 Å². The Labute approximate surface area is 111 Å². The quantitative estimate of drug-likeness (QED) is 0.530. The molecule has 19 heavy (non-hydrogen) atoms. The van der Waals surface area contributed by atoms with Gasteiger partial charge < -0.3 is 25.4 Å². The lowest BCUT2D eigenvalue weighted by Gasteiger charge is -2.16. The first-order valence-corrected chi connectivity index (χ1v) is 6.05. The molecular formula is C11H19N3O5. The van der Waals surface area contributed by atoms with Crippen LogP contribution in [0.4, 0.5) is 4.79 Å². The molecule has 108 valence electrons. The van der Waals surface area contributed by atoms with Crippen LogP contribution in [0.25, 0.3) is 0 Å². The van der Waals surface area contributed by atoms with Gasteiger partial charge in [0.25, 0.3) is 0 Å². The van der Waals surface area contributed by atoms with Gasteiger partial charge in [0.2, 0.25) is 5.91 Å². The topological polar surface area (TPSA) is 108 Å². The lowest BCUT2D eigenvalue weighted by atomic mass is 10.1. The van der Waals surface area contributed by atoms with Gasteiger partial charge in [-0.25, -0.2) is 4.79 Å². The SMILES string of the molecule is COCCNC(=O)CNC(=O)N1CCC(C(=O)O)C1. The molecule has 1 aliphatic rings. The largest absolute Gasteiger partial charge is 0.481 e. The van der Waals surface area contributed by atoms with E-state index in [1.165, 1.54) is 12.0 Å². The first kappa shape index (κ1) is 15.2. The minimum atomic E-state index is -0.896. The number of nitrogens with zero attached hydrogens (tertiary/aromatic N) is 1. The maximum absolute atomic E-state index is 11.7. The van der Waals surface area contributed by atoms with E-state index in [1.807, 2.05) is 0 Å². The second-order valence-electron chi connectivity index (χ2n) is 4.27. The van der Waals surface area contributed by atoms with Crippen LogP contribution in [0.1, 0.15) is 6.42 Å². The molecule has 0 aromatic rings. The summed E-state index contributed by atoms with van der Waals surface area (Å²) in [6.45, 7) is 1.25.